The molecular weight excluding hydrogens is 276 g/mol. The fourth-order valence-corrected chi connectivity index (χ4v) is 3.30. The Hall–Kier alpha value is -1.32. The number of aromatic nitrogens is 1. The molecule has 22 heavy (non-hydrogen) atoms. The van der Waals surface area contributed by atoms with Gasteiger partial charge in [-0.05, 0) is 31.6 Å². The number of likely N-dealkylation sites (tertiary alicyclic amines) is 1. The summed E-state index contributed by atoms with van der Waals surface area (Å²) >= 11 is 0. The van der Waals surface area contributed by atoms with Crippen molar-refractivity contribution in [2.75, 3.05) is 6.54 Å². The van der Waals surface area contributed by atoms with Crippen LogP contribution in [0.3, 0.4) is 0 Å². The number of carbonyl (C=O) groups is 1. The summed E-state index contributed by atoms with van der Waals surface area (Å²) in [6.45, 7) is 11.4. The highest BCUT2D eigenvalue weighted by Crippen LogP contribution is 2.26. The Kier molecular flexibility index (Phi) is 5.65. The molecule has 1 atom stereocenters. The number of hydrogen-bond acceptors (Lipinski definition) is 3. The summed E-state index contributed by atoms with van der Waals surface area (Å²) in [6, 6.07) is 0.313. The van der Waals surface area contributed by atoms with E-state index >= 15 is 0 Å². The van der Waals surface area contributed by atoms with Gasteiger partial charge in [-0.1, -0.05) is 40.5 Å². The summed E-state index contributed by atoms with van der Waals surface area (Å²) < 4.78 is 5.81. The van der Waals surface area contributed by atoms with Gasteiger partial charge in [0, 0.05) is 19.0 Å². The fourth-order valence-electron chi connectivity index (χ4n) is 3.30. The molecule has 4 nitrogen and oxygen atoms in total. The van der Waals surface area contributed by atoms with Crippen molar-refractivity contribution in [1.82, 2.24) is 9.88 Å². The number of amides is 1. The Bertz CT molecular complexity index is 505. The van der Waals surface area contributed by atoms with Gasteiger partial charge in [-0.15, -0.1) is 0 Å². The summed E-state index contributed by atoms with van der Waals surface area (Å²) in [5.74, 6) is 2.11. The number of aryl methyl sites for hydroxylation is 1. The molecule has 1 saturated heterocycles. The van der Waals surface area contributed by atoms with Crippen molar-refractivity contribution in [2.24, 2.45) is 11.8 Å². The van der Waals surface area contributed by atoms with Crippen LogP contribution in [-0.4, -0.2) is 28.4 Å². The highest BCUT2D eigenvalue weighted by atomic mass is 16.4. The smallest absolute Gasteiger partial charge is 0.291 e. The summed E-state index contributed by atoms with van der Waals surface area (Å²) in [5, 5.41) is 0. The number of carbonyl (C=O) groups excluding carboxylic acids is 1. The lowest BCUT2D eigenvalue weighted by Crippen LogP contribution is -2.43. The minimum Gasteiger partial charge on any atom is -0.435 e. The molecule has 1 aromatic heterocycles. The molecule has 0 spiro atoms. The summed E-state index contributed by atoms with van der Waals surface area (Å²) in [5.41, 5.74) is 0.729. The maximum Gasteiger partial charge on any atom is 0.291 e. The molecule has 0 N–H and O–H groups in total. The zero-order chi connectivity index (χ0) is 16.3. The Balaban J connectivity index is 2.23. The molecule has 1 aliphatic rings. The number of rotatable bonds is 4. The SMILES string of the molecule is Cc1nc(CC(C)C)oc1C(=O)N1CCCCC[C@@H]1C(C)C. The van der Waals surface area contributed by atoms with E-state index in [9.17, 15) is 4.79 Å². The molecule has 1 aliphatic heterocycles. The number of hydrogen-bond donors (Lipinski definition) is 0. The third kappa shape index (κ3) is 3.90. The van der Waals surface area contributed by atoms with Crippen molar-refractivity contribution in [2.45, 2.75) is 72.8 Å². The van der Waals surface area contributed by atoms with Crippen LogP contribution in [-0.2, 0) is 6.42 Å². The molecule has 2 heterocycles. The molecule has 0 bridgehead atoms. The molecular formula is C18H30N2O2. The van der Waals surface area contributed by atoms with Crippen molar-refractivity contribution in [3.8, 4) is 0 Å². The van der Waals surface area contributed by atoms with Crippen LogP contribution >= 0.6 is 0 Å². The van der Waals surface area contributed by atoms with E-state index in [1.807, 2.05) is 11.8 Å². The van der Waals surface area contributed by atoms with E-state index in [0.717, 1.165) is 31.5 Å². The topological polar surface area (TPSA) is 46.3 Å². The lowest BCUT2D eigenvalue weighted by Gasteiger charge is -2.32. The van der Waals surface area contributed by atoms with Crippen molar-refractivity contribution in [1.29, 1.82) is 0 Å². The van der Waals surface area contributed by atoms with Gasteiger partial charge in [0.05, 0.1) is 5.69 Å². The second-order valence-corrected chi connectivity index (χ2v) is 7.28. The van der Waals surface area contributed by atoms with E-state index < -0.39 is 0 Å². The summed E-state index contributed by atoms with van der Waals surface area (Å²) in [4.78, 5) is 19.5. The average molecular weight is 306 g/mol. The fraction of sp³-hybridized carbons (Fsp3) is 0.778. The van der Waals surface area contributed by atoms with Gasteiger partial charge < -0.3 is 9.32 Å². The lowest BCUT2D eigenvalue weighted by molar-refractivity contribution is 0.0596. The molecule has 0 aromatic carbocycles. The van der Waals surface area contributed by atoms with Gasteiger partial charge >= 0.3 is 0 Å². The van der Waals surface area contributed by atoms with Gasteiger partial charge in [0.1, 0.15) is 0 Å². The first-order valence-electron chi connectivity index (χ1n) is 8.67. The second-order valence-electron chi connectivity index (χ2n) is 7.28. The second kappa shape index (κ2) is 7.30. The monoisotopic (exact) mass is 306 g/mol. The highest BCUT2D eigenvalue weighted by molar-refractivity contribution is 5.92. The van der Waals surface area contributed by atoms with Crippen molar-refractivity contribution < 1.29 is 9.21 Å². The maximum absolute atomic E-state index is 13.0. The van der Waals surface area contributed by atoms with Gasteiger partial charge in [0.15, 0.2) is 5.89 Å². The molecule has 1 aromatic rings. The van der Waals surface area contributed by atoms with Crippen LogP contribution in [0.1, 0.15) is 75.5 Å². The Morgan fingerprint density at radius 3 is 2.64 bits per heavy atom. The van der Waals surface area contributed by atoms with E-state index in [1.54, 1.807) is 0 Å². The van der Waals surface area contributed by atoms with E-state index in [2.05, 4.69) is 32.7 Å². The molecule has 0 aliphatic carbocycles. The minimum absolute atomic E-state index is 0.0283. The van der Waals surface area contributed by atoms with Crippen LogP contribution in [0.2, 0.25) is 0 Å². The van der Waals surface area contributed by atoms with Gasteiger partial charge in [-0.2, -0.15) is 0 Å². The summed E-state index contributed by atoms with van der Waals surface area (Å²) in [7, 11) is 0. The molecule has 124 valence electrons. The van der Waals surface area contributed by atoms with Crippen LogP contribution < -0.4 is 0 Å². The molecule has 1 amide bonds. The van der Waals surface area contributed by atoms with Crippen molar-refractivity contribution >= 4 is 5.91 Å². The highest BCUT2D eigenvalue weighted by Gasteiger charge is 2.31. The Morgan fingerprint density at radius 2 is 2.00 bits per heavy atom. The van der Waals surface area contributed by atoms with Crippen LogP contribution in [0.15, 0.2) is 4.42 Å². The molecule has 1 fully saturated rings. The normalized spacial score (nSPS) is 19.8. The van der Waals surface area contributed by atoms with Crippen LogP contribution in [0.5, 0.6) is 0 Å². The minimum atomic E-state index is 0.0283. The van der Waals surface area contributed by atoms with E-state index in [0.29, 0.717) is 29.5 Å². The quantitative estimate of drug-likeness (QED) is 0.836. The third-order valence-electron chi connectivity index (χ3n) is 4.45. The van der Waals surface area contributed by atoms with Gasteiger partial charge in [0.2, 0.25) is 5.76 Å². The van der Waals surface area contributed by atoms with Crippen LogP contribution in [0.4, 0.5) is 0 Å². The first kappa shape index (κ1) is 17.0. The first-order chi connectivity index (χ1) is 10.4. The van der Waals surface area contributed by atoms with Crippen LogP contribution in [0, 0.1) is 18.8 Å². The lowest BCUT2D eigenvalue weighted by atomic mass is 9.98. The number of oxazole rings is 1. The van der Waals surface area contributed by atoms with E-state index in [-0.39, 0.29) is 5.91 Å². The molecule has 0 saturated carbocycles. The Morgan fingerprint density at radius 1 is 1.27 bits per heavy atom. The number of nitrogens with zero attached hydrogens (tertiary/aromatic N) is 2. The molecule has 4 heteroatoms. The predicted molar refractivity (Wildman–Crippen MR) is 87.9 cm³/mol. The predicted octanol–water partition coefficient (Wildman–Crippen LogP) is 4.22. The van der Waals surface area contributed by atoms with Gasteiger partial charge in [-0.25, -0.2) is 4.98 Å². The summed E-state index contributed by atoms with van der Waals surface area (Å²) in [6.07, 6.45) is 5.37. The van der Waals surface area contributed by atoms with Crippen molar-refractivity contribution in [3.05, 3.63) is 17.3 Å². The van der Waals surface area contributed by atoms with Crippen LogP contribution in [0.25, 0.3) is 0 Å². The molecule has 0 unspecified atom stereocenters. The molecule has 0 radical (unpaired) electrons. The maximum atomic E-state index is 13.0. The third-order valence-corrected chi connectivity index (χ3v) is 4.45. The Labute approximate surface area is 134 Å². The zero-order valence-electron chi connectivity index (χ0n) is 14.7. The molecule has 2 rings (SSSR count). The standard InChI is InChI=1S/C18H30N2O2/c1-12(2)11-16-19-14(5)17(22-16)18(21)20-10-8-6-7-9-15(20)13(3)4/h12-13,15H,6-11H2,1-5H3/t15-/m1/s1. The van der Waals surface area contributed by atoms with Crippen molar-refractivity contribution in [3.63, 3.8) is 0 Å². The largest absolute Gasteiger partial charge is 0.435 e. The van der Waals surface area contributed by atoms with E-state index in [4.69, 9.17) is 4.42 Å². The van der Waals surface area contributed by atoms with Gasteiger partial charge in [0.25, 0.3) is 5.91 Å². The zero-order valence-corrected chi connectivity index (χ0v) is 14.7. The van der Waals surface area contributed by atoms with E-state index in [1.165, 1.54) is 12.8 Å². The average Bonchev–Trinajstić information content (AvgIpc) is 2.65. The van der Waals surface area contributed by atoms with Gasteiger partial charge in [-0.3, -0.25) is 4.79 Å². The first-order valence-corrected chi connectivity index (χ1v) is 8.67.